The van der Waals surface area contributed by atoms with E-state index >= 15 is 0 Å². The SMILES string of the molecule is Cc1ccc2nc(-c3ccc(NC(=O)c4noc(C)c4COc4ccc(C)c(C)c4)cc3)sc2c1. The number of aryl methyl sites for hydroxylation is 4. The number of carbonyl (C=O) groups excluding carboxylic acids is 1. The standard InChI is InChI=1S/C28H25N3O3S/c1-16-5-12-24-25(13-16)35-28(30-24)20-7-9-21(10-8-20)29-27(32)26-23(19(4)34-31-26)15-33-22-11-6-17(2)18(3)14-22/h5-14H,15H2,1-4H3,(H,29,32). The zero-order chi connectivity index (χ0) is 24.5. The number of rotatable bonds is 6. The first-order valence-electron chi connectivity index (χ1n) is 11.3. The fraction of sp³-hybridized carbons (Fsp3) is 0.179. The number of hydrogen-bond donors (Lipinski definition) is 1. The zero-order valence-electron chi connectivity index (χ0n) is 20.0. The van der Waals surface area contributed by atoms with E-state index in [1.807, 2.05) is 55.5 Å². The Morgan fingerprint density at radius 2 is 1.77 bits per heavy atom. The second-order valence-electron chi connectivity index (χ2n) is 8.62. The molecular formula is C28H25N3O3S. The number of thiazole rings is 1. The van der Waals surface area contributed by atoms with Crippen molar-refractivity contribution in [3.63, 3.8) is 0 Å². The van der Waals surface area contributed by atoms with E-state index in [4.69, 9.17) is 14.2 Å². The molecule has 3 aromatic carbocycles. The Hall–Kier alpha value is -3.97. The predicted octanol–water partition coefficient (Wildman–Crippen LogP) is 7.02. The van der Waals surface area contributed by atoms with Crippen LogP contribution in [0.1, 0.15) is 38.5 Å². The van der Waals surface area contributed by atoms with E-state index in [2.05, 4.69) is 36.5 Å². The van der Waals surface area contributed by atoms with Crippen LogP contribution in [0.5, 0.6) is 5.75 Å². The molecule has 5 rings (SSSR count). The summed E-state index contributed by atoms with van der Waals surface area (Å²) in [5.74, 6) is 0.949. The monoisotopic (exact) mass is 483 g/mol. The van der Waals surface area contributed by atoms with Crippen molar-refractivity contribution in [1.82, 2.24) is 10.1 Å². The average molecular weight is 484 g/mol. The molecule has 0 radical (unpaired) electrons. The van der Waals surface area contributed by atoms with E-state index < -0.39 is 0 Å². The number of amides is 1. The van der Waals surface area contributed by atoms with Gasteiger partial charge in [-0.2, -0.15) is 0 Å². The van der Waals surface area contributed by atoms with Gasteiger partial charge >= 0.3 is 0 Å². The van der Waals surface area contributed by atoms with Crippen LogP contribution < -0.4 is 10.1 Å². The van der Waals surface area contributed by atoms with E-state index in [0.717, 1.165) is 32.1 Å². The average Bonchev–Trinajstić information content (AvgIpc) is 3.43. The predicted molar refractivity (Wildman–Crippen MR) is 139 cm³/mol. The molecule has 0 atom stereocenters. The summed E-state index contributed by atoms with van der Waals surface area (Å²) >= 11 is 1.66. The van der Waals surface area contributed by atoms with E-state index in [-0.39, 0.29) is 18.2 Å². The number of carbonyl (C=O) groups is 1. The summed E-state index contributed by atoms with van der Waals surface area (Å²) in [5.41, 5.74) is 7.06. The number of ether oxygens (including phenoxy) is 1. The quantitative estimate of drug-likeness (QED) is 0.281. The van der Waals surface area contributed by atoms with Crippen molar-refractivity contribution >= 4 is 33.1 Å². The van der Waals surface area contributed by atoms with E-state index in [9.17, 15) is 4.79 Å². The maximum absolute atomic E-state index is 13.0. The summed E-state index contributed by atoms with van der Waals surface area (Å²) in [6, 6.07) is 19.8. The first-order valence-corrected chi connectivity index (χ1v) is 12.1. The molecule has 1 amide bonds. The molecule has 176 valence electrons. The maximum atomic E-state index is 13.0. The van der Waals surface area contributed by atoms with E-state index in [0.29, 0.717) is 17.0 Å². The number of aromatic nitrogens is 2. The van der Waals surface area contributed by atoms with Crippen molar-refractivity contribution in [2.45, 2.75) is 34.3 Å². The minimum absolute atomic E-state index is 0.191. The summed E-state index contributed by atoms with van der Waals surface area (Å²) in [7, 11) is 0. The molecule has 0 spiro atoms. The van der Waals surface area contributed by atoms with Crippen LogP contribution in [0.25, 0.3) is 20.8 Å². The summed E-state index contributed by atoms with van der Waals surface area (Å²) in [4.78, 5) is 17.7. The zero-order valence-corrected chi connectivity index (χ0v) is 20.8. The van der Waals surface area contributed by atoms with Gasteiger partial charge in [0.2, 0.25) is 0 Å². The molecule has 0 aliphatic rings. The van der Waals surface area contributed by atoms with Crippen LogP contribution >= 0.6 is 11.3 Å². The van der Waals surface area contributed by atoms with Gasteiger partial charge in [-0.3, -0.25) is 4.79 Å². The molecule has 6 nitrogen and oxygen atoms in total. The van der Waals surface area contributed by atoms with E-state index in [1.54, 1.807) is 18.3 Å². The second kappa shape index (κ2) is 9.35. The molecule has 0 saturated carbocycles. The highest BCUT2D eigenvalue weighted by atomic mass is 32.1. The number of benzene rings is 3. The molecule has 2 aromatic heterocycles. The van der Waals surface area contributed by atoms with Gasteiger partial charge in [0.05, 0.1) is 15.8 Å². The minimum Gasteiger partial charge on any atom is -0.489 e. The molecule has 0 fully saturated rings. The van der Waals surface area contributed by atoms with Crippen molar-refractivity contribution in [1.29, 1.82) is 0 Å². The number of anilines is 1. The topological polar surface area (TPSA) is 77.3 Å². The molecule has 5 aromatic rings. The first-order chi connectivity index (χ1) is 16.9. The van der Waals surface area contributed by atoms with Crippen LogP contribution in [0.15, 0.2) is 65.2 Å². The Morgan fingerprint density at radius 3 is 2.54 bits per heavy atom. The van der Waals surface area contributed by atoms with Crippen molar-refractivity contribution in [2.24, 2.45) is 0 Å². The molecule has 1 N–H and O–H groups in total. The second-order valence-corrected chi connectivity index (χ2v) is 9.65. The molecule has 0 aliphatic carbocycles. The van der Waals surface area contributed by atoms with Crippen molar-refractivity contribution in [3.05, 3.63) is 94.4 Å². The third-order valence-corrected chi connectivity index (χ3v) is 7.06. The van der Waals surface area contributed by atoms with Gasteiger partial charge in [0.15, 0.2) is 5.69 Å². The Labute approximate surface area is 207 Å². The Kier molecular flexibility index (Phi) is 6.09. The largest absolute Gasteiger partial charge is 0.489 e. The van der Waals surface area contributed by atoms with Crippen molar-refractivity contribution in [2.75, 3.05) is 5.32 Å². The molecule has 0 unspecified atom stereocenters. The van der Waals surface area contributed by atoms with Gasteiger partial charge in [-0.1, -0.05) is 17.3 Å². The van der Waals surface area contributed by atoms with Gasteiger partial charge in [0.1, 0.15) is 23.1 Å². The highest BCUT2D eigenvalue weighted by molar-refractivity contribution is 7.21. The molecule has 2 heterocycles. The maximum Gasteiger partial charge on any atom is 0.278 e. The normalized spacial score (nSPS) is 11.1. The molecule has 0 aliphatic heterocycles. The number of nitrogens with zero attached hydrogens (tertiary/aromatic N) is 2. The van der Waals surface area contributed by atoms with Crippen molar-refractivity contribution in [3.8, 4) is 16.3 Å². The third-order valence-electron chi connectivity index (χ3n) is 5.99. The van der Waals surface area contributed by atoms with Gasteiger partial charge in [-0.05, 0) is 92.9 Å². The van der Waals surface area contributed by atoms with Crippen LogP contribution in [0.2, 0.25) is 0 Å². The van der Waals surface area contributed by atoms with Crippen molar-refractivity contribution < 1.29 is 14.1 Å². The molecule has 0 bridgehead atoms. The minimum atomic E-state index is -0.344. The number of hydrogen-bond acceptors (Lipinski definition) is 6. The first kappa shape index (κ1) is 22.8. The van der Waals surface area contributed by atoms with Gasteiger partial charge < -0.3 is 14.6 Å². The highest BCUT2D eigenvalue weighted by Crippen LogP contribution is 2.31. The lowest BCUT2D eigenvalue weighted by Gasteiger charge is -2.09. The number of fused-ring (bicyclic) bond motifs is 1. The third kappa shape index (κ3) is 4.81. The lowest BCUT2D eigenvalue weighted by molar-refractivity contribution is 0.101. The van der Waals surface area contributed by atoms with Gasteiger partial charge in [-0.15, -0.1) is 11.3 Å². The van der Waals surface area contributed by atoms with Crippen LogP contribution in [-0.2, 0) is 6.61 Å². The summed E-state index contributed by atoms with van der Waals surface area (Å²) in [6.45, 7) is 8.13. The molecule has 7 heteroatoms. The fourth-order valence-electron chi connectivity index (χ4n) is 3.74. The van der Waals surface area contributed by atoms with Gasteiger partial charge in [-0.25, -0.2) is 4.98 Å². The van der Waals surface area contributed by atoms with E-state index in [1.165, 1.54) is 11.1 Å². The lowest BCUT2D eigenvalue weighted by Crippen LogP contribution is -2.15. The highest BCUT2D eigenvalue weighted by Gasteiger charge is 2.21. The lowest BCUT2D eigenvalue weighted by atomic mass is 10.1. The summed E-state index contributed by atoms with van der Waals surface area (Å²) in [6.07, 6.45) is 0. The van der Waals surface area contributed by atoms with Crippen LogP contribution in [0, 0.1) is 27.7 Å². The Balaban J connectivity index is 1.29. The summed E-state index contributed by atoms with van der Waals surface area (Å²) in [5, 5.41) is 7.83. The fourth-order valence-corrected chi connectivity index (χ4v) is 4.81. The van der Waals surface area contributed by atoms with Gasteiger partial charge in [0.25, 0.3) is 5.91 Å². The number of nitrogens with one attached hydrogen (secondary N) is 1. The van der Waals surface area contributed by atoms with Crippen LogP contribution in [-0.4, -0.2) is 16.0 Å². The molecule has 35 heavy (non-hydrogen) atoms. The Morgan fingerprint density at radius 1 is 0.971 bits per heavy atom. The van der Waals surface area contributed by atoms with Gasteiger partial charge in [0, 0.05) is 11.3 Å². The molecule has 0 saturated heterocycles. The molecular weight excluding hydrogens is 458 g/mol. The smallest absolute Gasteiger partial charge is 0.278 e. The van der Waals surface area contributed by atoms with Crippen LogP contribution in [0.3, 0.4) is 0 Å². The summed E-state index contributed by atoms with van der Waals surface area (Å²) < 4.78 is 12.4. The van der Waals surface area contributed by atoms with Crippen LogP contribution in [0.4, 0.5) is 5.69 Å². The Bertz CT molecular complexity index is 1530.